The van der Waals surface area contributed by atoms with Crippen LogP contribution in [-0.4, -0.2) is 37.0 Å². The molecular formula is C16H20ClN3O4. The van der Waals surface area contributed by atoms with Crippen molar-refractivity contribution in [1.82, 2.24) is 15.1 Å². The van der Waals surface area contributed by atoms with Crippen LogP contribution in [0.4, 0.5) is 0 Å². The first-order chi connectivity index (χ1) is 11.6. The lowest BCUT2D eigenvalue weighted by molar-refractivity contribution is 0.0946. The van der Waals surface area contributed by atoms with Crippen LogP contribution in [0.15, 0.2) is 18.3 Å². The van der Waals surface area contributed by atoms with Crippen LogP contribution < -0.4 is 19.5 Å². The Bertz CT molecular complexity index is 730. The Morgan fingerprint density at radius 2 is 1.92 bits per heavy atom. The molecule has 7 nitrogen and oxygen atoms in total. The molecule has 0 bridgehead atoms. The SMILES string of the molecule is CCn1ncc(Cl)c1CNC(=O)c1ccc(OC)c(OC)c1OC. The molecule has 0 saturated heterocycles. The summed E-state index contributed by atoms with van der Waals surface area (Å²) in [5.74, 6) is 0.847. The van der Waals surface area contributed by atoms with Crippen LogP contribution in [0.25, 0.3) is 0 Å². The van der Waals surface area contributed by atoms with Gasteiger partial charge in [0.25, 0.3) is 5.91 Å². The summed E-state index contributed by atoms with van der Waals surface area (Å²) >= 11 is 6.10. The summed E-state index contributed by atoms with van der Waals surface area (Å²) in [5, 5.41) is 7.47. The van der Waals surface area contributed by atoms with Crippen molar-refractivity contribution >= 4 is 17.5 Å². The number of amides is 1. The second-order valence-corrected chi connectivity index (χ2v) is 5.23. The van der Waals surface area contributed by atoms with Crippen LogP contribution >= 0.6 is 11.6 Å². The first-order valence-electron chi connectivity index (χ1n) is 7.34. The lowest BCUT2D eigenvalue weighted by Gasteiger charge is -2.15. The maximum atomic E-state index is 12.5. The fourth-order valence-corrected chi connectivity index (χ4v) is 2.58. The van der Waals surface area contributed by atoms with Crippen LogP contribution in [0.2, 0.25) is 5.02 Å². The summed E-state index contributed by atoms with van der Waals surface area (Å²) in [6, 6.07) is 3.27. The molecule has 8 heteroatoms. The maximum Gasteiger partial charge on any atom is 0.255 e. The normalized spacial score (nSPS) is 10.4. The van der Waals surface area contributed by atoms with Crippen LogP contribution in [0.1, 0.15) is 23.0 Å². The summed E-state index contributed by atoms with van der Waals surface area (Å²) in [5.41, 5.74) is 1.08. The average Bonchev–Trinajstić information content (AvgIpc) is 2.97. The van der Waals surface area contributed by atoms with Crippen LogP contribution in [0.3, 0.4) is 0 Å². The summed E-state index contributed by atoms with van der Waals surface area (Å²) in [6.45, 7) is 2.87. The zero-order valence-electron chi connectivity index (χ0n) is 14.1. The van der Waals surface area contributed by atoms with Crippen molar-refractivity contribution in [3.05, 3.63) is 34.6 Å². The van der Waals surface area contributed by atoms with Crippen molar-refractivity contribution in [3.8, 4) is 17.2 Å². The van der Waals surface area contributed by atoms with E-state index in [1.165, 1.54) is 21.3 Å². The number of aryl methyl sites for hydroxylation is 1. The number of nitrogens with zero attached hydrogens (tertiary/aromatic N) is 2. The lowest BCUT2D eigenvalue weighted by Crippen LogP contribution is -2.25. The Labute approximate surface area is 145 Å². The highest BCUT2D eigenvalue weighted by atomic mass is 35.5. The fraction of sp³-hybridized carbons (Fsp3) is 0.375. The largest absolute Gasteiger partial charge is 0.493 e. The number of nitrogens with one attached hydrogen (secondary N) is 1. The van der Waals surface area contributed by atoms with Gasteiger partial charge in [-0.15, -0.1) is 0 Å². The van der Waals surface area contributed by atoms with E-state index in [0.29, 0.717) is 34.4 Å². The monoisotopic (exact) mass is 353 g/mol. The van der Waals surface area contributed by atoms with E-state index >= 15 is 0 Å². The smallest absolute Gasteiger partial charge is 0.255 e. The predicted molar refractivity (Wildman–Crippen MR) is 90.2 cm³/mol. The summed E-state index contributed by atoms with van der Waals surface area (Å²) in [7, 11) is 4.48. The molecule has 1 amide bonds. The molecule has 1 heterocycles. The van der Waals surface area contributed by atoms with Gasteiger partial charge >= 0.3 is 0 Å². The number of ether oxygens (including phenoxy) is 3. The van der Waals surface area contributed by atoms with Gasteiger partial charge in [-0.2, -0.15) is 5.10 Å². The minimum absolute atomic E-state index is 0.253. The number of carbonyl (C=O) groups excluding carboxylic acids is 1. The van der Waals surface area contributed by atoms with Crippen molar-refractivity contribution in [2.24, 2.45) is 0 Å². The van der Waals surface area contributed by atoms with Crippen molar-refractivity contribution in [3.63, 3.8) is 0 Å². The molecule has 0 aliphatic carbocycles. The van der Waals surface area contributed by atoms with E-state index in [1.807, 2.05) is 6.92 Å². The number of benzene rings is 1. The summed E-state index contributed by atoms with van der Waals surface area (Å²) < 4.78 is 17.6. The van der Waals surface area contributed by atoms with Crippen LogP contribution in [-0.2, 0) is 13.1 Å². The van der Waals surface area contributed by atoms with Gasteiger partial charge in [-0.25, -0.2) is 0 Å². The predicted octanol–water partition coefficient (Wildman–Crippen LogP) is 2.51. The molecule has 130 valence electrons. The minimum atomic E-state index is -0.312. The number of halogens is 1. The van der Waals surface area contributed by atoms with Gasteiger partial charge in [0.05, 0.1) is 50.4 Å². The number of hydrogen-bond acceptors (Lipinski definition) is 5. The first-order valence-corrected chi connectivity index (χ1v) is 7.72. The Hall–Kier alpha value is -2.41. The van der Waals surface area contributed by atoms with Gasteiger partial charge < -0.3 is 19.5 Å². The molecule has 0 unspecified atom stereocenters. The van der Waals surface area contributed by atoms with E-state index < -0.39 is 0 Å². The number of hydrogen-bond donors (Lipinski definition) is 1. The van der Waals surface area contributed by atoms with E-state index in [4.69, 9.17) is 25.8 Å². The van der Waals surface area contributed by atoms with Gasteiger partial charge in [0.15, 0.2) is 11.5 Å². The van der Waals surface area contributed by atoms with Gasteiger partial charge in [-0.1, -0.05) is 11.6 Å². The Morgan fingerprint density at radius 3 is 2.50 bits per heavy atom. The third-order valence-corrected chi connectivity index (χ3v) is 3.88. The maximum absolute atomic E-state index is 12.5. The highest BCUT2D eigenvalue weighted by molar-refractivity contribution is 6.31. The quantitative estimate of drug-likeness (QED) is 0.827. The molecule has 2 aromatic rings. The second-order valence-electron chi connectivity index (χ2n) is 4.82. The standard InChI is InChI=1S/C16H20ClN3O4/c1-5-20-12(11(17)8-19-20)9-18-16(21)10-6-7-13(22-2)15(24-4)14(10)23-3/h6-8H,5,9H2,1-4H3,(H,18,21). The Morgan fingerprint density at radius 1 is 1.21 bits per heavy atom. The first kappa shape index (κ1) is 17.9. The Balaban J connectivity index is 2.25. The van der Waals surface area contributed by atoms with E-state index in [1.54, 1.807) is 23.0 Å². The number of aromatic nitrogens is 2. The van der Waals surface area contributed by atoms with E-state index in [-0.39, 0.29) is 12.5 Å². The molecular weight excluding hydrogens is 334 g/mol. The summed E-state index contributed by atoms with van der Waals surface area (Å²) in [4.78, 5) is 12.5. The number of carbonyl (C=O) groups is 1. The van der Waals surface area contributed by atoms with Crippen molar-refractivity contribution in [1.29, 1.82) is 0 Å². The highest BCUT2D eigenvalue weighted by Gasteiger charge is 2.21. The van der Waals surface area contributed by atoms with E-state index in [2.05, 4.69) is 10.4 Å². The molecule has 1 aromatic carbocycles. The van der Waals surface area contributed by atoms with Crippen LogP contribution in [0, 0.1) is 0 Å². The Kier molecular flexibility index (Phi) is 5.92. The zero-order valence-corrected chi connectivity index (χ0v) is 14.8. The number of methoxy groups -OCH3 is 3. The molecule has 0 saturated carbocycles. The molecule has 1 N–H and O–H groups in total. The average molecular weight is 354 g/mol. The topological polar surface area (TPSA) is 74.6 Å². The van der Waals surface area contributed by atoms with Crippen LogP contribution in [0.5, 0.6) is 17.2 Å². The van der Waals surface area contributed by atoms with Gasteiger partial charge in [0.2, 0.25) is 5.75 Å². The summed E-state index contributed by atoms with van der Waals surface area (Å²) in [6.07, 6.45) is 1.56. The van der Waals surface area contributed by atoms with Crippen molar-refractivity contribution in [2.75, 3.05) is 21.3 Å². The molecule has 0 aliphatic rings. The van der Waals surface area contributed by atoms with E-state index in [0.717, 1.165) is 5.69 Å². The molecule has 0 radical (unpaired) electrons. The molecule has 0 aliphatic heterocycles. The molecule has 0 fully saturated rings. The van der Waals surface area contributed by atoms with Gasteiger partial charge in [-0.05, 0) is 19.1 Å². The van der Waals surface area contributed by atoms with E-state index in [9.17, 15) is 4.79 Å². The third-order valence-electron chi connectivity index (χ3n) is 3.56. The van der Waals surface area contributed by atoms with Crippen molar-refractivity contribution in [2.45, 2.75) is 20.0 Å². The molecule has 1 aromatic heterocycles. The molecule has 0 atom stereocenters. The van der Waals surface area contributed by atoms with Gasteiger partial charge in [-0.3, -0.25) is 9.48 Å². The van der Waals surface area contributed by atoms with Gasteiger partial charge in [0, 0.05) is 6.54 Å². The lowest BCUT2D eigenvalue weighted by atomic mass is 10.1. The second kappa shape index (κ2) is 7.92. The van der Waals surface area contributed by atoms with Crippen molar-refractivity contribution < 1.29 is 19.0 Å². The highest BCUT2D eigenvalue weighted by Crippen LogP contribution is 2.39. The minimum Gasteiger partial charge on any atom is -0.493 e. The molecule has 2 rings (SSSR count). The molecule has 24 heavy (non-hydrogen) atoms. The third kappa shape index (κ3) is 3.41. The zero-order chi connectivity index (χ0) is 17.7. The molecule has 0 spiro atoms. The number of rotatable bonds is 7. The van der Waals surface area contributed by atoms with Gasteiger partial charge in [0.1, 0.15) is 0 Å². The fourth-order valence-electron chi connectivity index (χ4n) is 2.38.